The van der Waals surface area contributed by atoms with Gasteiger partial charge in [0.15, 0.2) is 0 Å². The van der Waals surface area contributed by atoms with Gasteiger partial charge < -0.3 is 10.1 Å². The number of carbonyl (C=O) groups excluding carboxylic acids is 1. The summed E-state index contributed by atoms with van der Waals surface area (Å²) in [5.41, 5.74) is -0.496. The number of halogens is 4. The number of rotatable bonds is 5. The van der Waals surface area contributed by atoms with Crippen LogP contribution >= 0.6 is 0 Å². The summed E-state index contributed by atoms with van der Waals surface area (Å²) in [6, 6.07) is 9.80. The molecular formula is C17H15F4NO2. The zero-order chi connectivity index (χ0) is 17.7. The minimum Gasteiger partial charge on any atom is -0.375 e. The van der Waals surface area contributed by atoms with Gasteiger partial charge >= 0.3 is 6.18 Å². The van der Waals surface area contributed by atoms with Crippen molar-refractivity contribution in [2.24, 2.45) is 0 Å². The molecule has 0 fully saturated rings. The smallest absolute Gasteiger partial charge is 0.375 e. The third kappa shape index (κ3) is 4.55. The van der Waals surface area contributed by atoms with E-state index in [1.54, 1.807) is 6.07 Å². The second-order valence-corrected chi connectivity index (χ2v) is 5.07. The van der Waals surface area contributed by atoms with Gasteiger partial charge in [-0.05, 0) is 35.9 Å². The van der Waals surface area contributed by atoms with Crippen molar-refractivity contribution in [3.63, 3.8) is 0 Å². The van der Waals surface area contributed by atoms with E-state index in [0.29, 0.717) is 5.56 Å². The maximum absolute atomic E-state index is 13.2. The molecule has 7 heteroatoms. The summed E-state index contributed by atoms with van der Waals surface area (Å²) in [7, 11) is 1.39. The average Bonchev–Trinajstić information content (AvgIpc) is 2.54. The Kier molecular flexibility index (Phi) is 5.56. The first-order valence-electron chi connectivity index (χ1n) is 7.05. The van der Waals surface area contributed by atoms with E-state index >= 15 is 0 Å². The molecule has 0 aliphatic carbocycles. The Labute approximate surface area is 136 Å². The molecule has 24 heavy (non-hydrogen) atoms. The molecule has 1 atom stereocenters. The van der Waals surface area contributed by atoms with Crippen molar-refractivity contribution in [3.05, 3.63) is 71.0 Å². The minimum absolute atomic E-state index is 0.00493. The number of benzene rings is 2. The first kappa shape index (κ1) is 17.9. The number of alkyl halides is 3. The zero-order valence-corrected chi connectivity index (χ0v) is 12.7. The van der Waals surface area contributed by atoms with Gasteiger partial charge in [0.05, 0.1) is 11.7 Å². The fraction of sp³-hybridized carbons (Fsp3) is 0.235. The lowest BCUT2D eigenvalue weighted by atomic mass is 10.1. The largest absolute Gasteiger partial charge is 0.416 e. The highest BCUT2D eigenvalue weighted by molar-refractivity contribution is 5.94. The SMILES string of the molecule is COC(CNC(=O)c1cccc(C(F)(F)F)c1)c1cccc(F)c1. The number of carbonyl (C=O) groups is 1. The molecule has 0 radical (unpaired) electrons. The molecule has 0 heterocycles. The molecule has 0 aliphatic heterocycles. The highest BCUT2D eigenvalue weighted by Crippen LogP contribution is 2.29. The van der Waals surface area contributed by atoms with Crippen LogP contribution in [0.25, 0.3) is 0 Å². The van der Waals surface area contributed by atoms with Gasteiger partial charge in [-0.3, -0.25) is 4.79 Å². The van der Waals surface area contributed by atoms with Gasteiger partial charge in [0, 0.05) is 19.2 Å². The molecule has 0 aromatic heterocycles. The Morgan fingerprint density at radius 1 is 1.17 bits per heavy atom. The van der Waals surface area contributed by atoms with E-state index in [1.165, 1.54) is 31.4 Å². The summed E-state index contributed by atoms with van der Waals surface area (Å²) in [5, 5.41) is 2.49. The van der Waals surface area contributed by atoms with Crippen LogP contribution < -0.4 is 5.32 Å². The van der Waals surface area contributed by atoms with Crippen LogP contribution in [-0.4, -0.2) is 19.6 Å². The summed E-state index contributed by atoms with van der Waals surface area (Å²) in [4.78, 5) is 12.0. The van der Waals surface area contributed by atoms with Crippen LogP contribution in [0.15, 0.2) is 48.5 Å². The molecule has 1 amide bonds. The lowest BCUT2D eigenvalue weighted by Gasteiger charge is -2.17. The Hall–Kier alpha value is -2.41. The summed E-state index contributed by atoms with van der Waals surface area (Å²) in [5.74, 6) is -1.11. The molecule has 2 aromatic rings. The third-order valence-electron chi connectivity index (χ3n) is 3.41. The number of nitrogens with one attached hydrogen (secondary N) is 1. The van der Waals surface area contributed by atoms with Crippen molar-refractivity contribution < 1.29 is 27.1 Å². The summed E-state index contributed by atoms with van der Waals surface area (Å²) >= 11 is 0. The van der Waals surface area contributed by atoms with E-state index in [9.17, 15) is 22.4 Å². The van der Waals surface area contributed by atoms with E-state index in [4.69, 9.17) is 4.74 Å². The van der Waals surface area contributed by atoms with Crippen LogP contribution in [0.5, 0.6) is 0 Å². The van der Waals surface area contributed by atoms with Gasteiger partial charge in [0.2, 0.25) is 0 Å². The Bertz CT molecular complexity index is 716. The number of ether oxygens (including phenoxy) is 1. The van der Waals surface area contributed by atoms with Crippen LogP contribution in [0.3, 0.4) is 0 Å². The maximum Gasteiger partial charge on any atom is 0.416 e. The fourth-order valence-electron chi connectivity index (χ4n) is 2.17. The summed E-state index contributed by atoms with van der Waals surface area (Å²) < 4.78 is 56.4. The second kappa shape index (κ2) is 7.44. The first-order valence-corrected chi connectivity index (χ1v) is 7.05. The zero-order valence-electron chi connectivity index (χ0n) is 12.7. The molecule has 128 valence electrons. The predicted molar refractivity (Wildman–Crippen MR) is 79.9 cm³/mol. The third-order valence-corrected chi connectivity index (χ3v) is 3.41. The molecule has 0 bridgehead atoms. The van der Waals surface area contributed by atoms with Crippen molar-refractivity contribution in [1.82, 2.24) is 5.32 Å². The summed E-state index contributed by atoms with van der Waals surface area (Å²) in [6.45, 7) is -0.00493. The molecule has 2 aromatic carbocycles. The second-order valence-electron chi connectivity index (χ2n) is 5.07. The van der Waals surface area contributed by atoms with Crippen LogP contribution in [0.1, 0.15) is 27.6 Å². The average molecular weight is 341 g/mol. The minimum atomic E-state index is -4.52. The maximum atomic E-state index is 13.2. The monoisotopic (exact) mass is 341 g/mol. The van der Waals surface area contributed by atoms with Crippen molar-refractivity contribution in [3.8, 4) is 0 Å². The number of hydrogen-bond acceptors (Lipinski definition) is 2. The lowest BCUT2D eigenvalue weighted by molar-refractivity contribution is -0.137. The van der Waals surface area contributed by atoms with Crippen LogP contribution in [-0.2, 0) is 10.9 Å². The highest BCUT2D eigenvalue weighted by atomic mass is 19.4. The van der Waals surface area contributed by atoms with Crippen molar-refractivity contribution in [2.45, 2.75) is 12.3 Å². The van der Waals surface area contributed by atoms with Crippen molar-refractivity contribution in [2.75, 3.05) is 13.7 Å². The number of hydrogen-bond donors (Lipinski definition) is 1. The van der Waals surface area contributed by atoms with E-state index in [1.807, 2.05) is 0 Å². The highest BCUT2D eigenvalue weighted by Gasteiger charge is 2.30. The quantitative estimate of drug-likeness (QED) is 0.836. The molecule has 0 saturated heterocycles. The van der Waals surface area contributed by atoms with Crippen LogP contribution in [0.2, 0.25) is 0 Å². The van der Waals surface area contributed by atoms with Crippen LogP contribution in [0, 0.1) is 5.82 Å². The Morgan fingerprint density at radius 3 is 2.50 bits per heavy atom. The number of methoxy groups -OCH3 is 1. The fourth-order valence-corrected chi connectivity index (χ4v) is 2.17. The van der Waals surface area contributed by atoms with Gasteiger partial charge in [0.1, 0.15) is 5.82 Å². The van der Waals surface area contributed by atoms with E-state index < -0.39 is 29.6 Å². The van der Waals surface area contributed by atoms with Gasteiger partial charge in [-0.1, -0.05) is 18.2 Å². The van der Waals surface area contributed by atoms with Crippen molar-refractivity contribution >= 4 is 5.91 Å². The molecule has 2 rings (SSSR count). The Balaban J connectivity index is 2.07. The summed E-state index contributed by atoms with van der Waals surface area (Å²) in [6.07, 6.45) is -5.14. The topological polar surface area (TPSA) is 38.3 Å². The molecular weight excluding hydrogens is 326 g/mol. The Morgan fingerprint density at radius 2 is 1.88 bits per heavy atom. The predicted octanol–water partition coefficient (Wildman–Crippen LogP) is 3.96. The molecule has 1 N–H and O–H groups in total. The van der Waals surface area contributed by atoms with E-state index in [2.05, 4.69) is 5.32 Å². The van der Waals surface area contributed by atoms with Crippen LogP contribution in [0.4, 0.5) is 17.6 Å². The number of amides is 1. The lowest BCUT2D eigenvalue weighted by Crippen LogP contribution is -2.29. The molecule has 1 unspecified atom stereocenters. The standard InChI is InChI=1S/C17H15F4NO2/c1-24-15(11-4-3-7-14(18)9-11)10-22-16(23)12-5-2-6-13(8-12)17(19,20)21/h2-9,15H,10H2,1H3,(H,22,23). The van der Waals surface area contributed by atoms with E-state index in [0.717, 1.165) is 18.2 Å². The van der Waals surface area contributed by atoms with E-state index in [-0.39, 0.29) is 12.1 Å². The normalized spacial score (nSPS) is 12.7. The van der Waals surface area contributed by atoms with Gasteiger partial charge in [-0.25, -0.2) is 4.39 Å². The van der Waals surface area contributed by atoms with Gasteiger partial charge in [-0.15, -0.1) is 0 Å². The van der Waals surface area contributed by atoms with Gasteiger partial charge in [0.25, 0.3) is 5.91 Å². The molecule has 3 nitrogen and oxygen atoms in total. The molecule has 0 saturated carbocycles. The molecule has 0 spiro atoms. The van der Waals surface area contributed by atoms with Gasteiger partial charge in [-0.2, -0.15) is 13.2 Å². The van der Waals surface area contributed by atoms with Crippen molar-refractivity contribution in [1.29, 1.82) is 0 Å². The molecule has 0 aliphatic rings. The first-order chi connectivity index (χ1) is 11.3.